The topological polar surface area (TPSA) is 29.1 Å². The predicted octanol–water partition coefficient (Wildman–Crippen LogP) is 4.52. The Labute approximate surface area is 117 Å². The molecule has 1 heterocycles. The molecule has 0 unspecified atom stereocenters. The van der Waals surface area contributed by atoms with E-state index in [4.69, 9.17) is 0 Å². The van der Waals surface area contributed by atoms with E-state index in [1.54, 1.807) is 12.1 Å². The molecule has 0 saturated heterocycles. The van der Waals surface area contributed by atoms with Crippen LogP contribution in [0.25, 0.3) is 0 Å². The molecule has 1 N–H and O–H groups in total. The third-order valence-electron chi connectivity index (χ3n) is 2.48. The fraction of sp³-hybridized carbons (Fsp3) is 0.154. The first-order valence-electron chi connectivity index (χ1n) is 5.31. The van der Waals surface area contributed by atoms with Gasteiger partial charge in [0.15, 0.2) is 0 Å². The summed E-state index contributed by atoms with van der Waals surface area (Å²) >= 11 is 4.52. The number of carbonyl (C=O) groups is 1. The van der Waals surface area contributed by atoms with Crippen LogP contribution in [0, 0.1) is 19.7 Å². The van der Waals surface area contributed by atoms with Crippen molar-refractivity contribution in [3.8, 4) is 0 Å². The number of halogens is 2. The number of hydrogen-bond acceptors (Lipinski definition) is 2. The van der Waals surface area contributed by atoms with Gasteiger partial charge in [0.1, 0.15) is 5.82 Å². The molecule has 0 bridgehead atoms. The maximum absolute atomic E-state index is 13.4. The van der Waals surface area contributed by atoms with Gasteiger partial charge >= 0.3 is 0 Å². The molecule has 5 heteroatoms. The van der Waals surface area contributed by atoms with Crippen LogP contribution in [0.3, 0.4) is 0 Å². The van der Waals surface area contributed by atoms with Gasteiger partial charge in [-0.3, -0.25) is 4.79 Å². The summed E-state index contributed by atoms with van der Waals surface area (Å²) in [5.74, 6) is -0.601. The maximum Gasteiger partial charge on any atom is 0.265 e. The Kier molecular flexibility index (Phi) is 3.82. The minimum absolute atomic E-state index is 0.210. The molecule has 0 radical (unpaired) electrons. The van der Waals surface area contributed by atoms with Crippen molar-refractivity contribution >= 4 is 38.9 Å². The number of nitrogens with one attached hydrogen (secondary N) is 1. The average Bonchev–Trinajstić information content (AvgIpc) is 2.73. The number of rotatable bonds is 2. The predicted molar refractivity (Wildman–Crippen MR) is 75.8 cm³/mol. The molecule has 1 aromatic carbocycles. The number of thiophene rings is 1. The number of aryl methyl sites for hydroxylation is 2. The Morgan fingerprint density at radius 2 is 2.06 bits per heavy atom. The lowest BCUT2D eigenvalue weighted by Gasteiger charge is -2.08. The zero-order valence-electron chi connectivity index (χ0n) is 9.88. The zero-order chi connectivity index (χ0) is 13.3. The lowest BCUT2D eigenvalue weighted by Crippen LogP contribution is -2.11. The van der Waals surface area contributed by atoms with Gasteiger partial charge in [0, 0.05) is 10.6 Å². The summed E-state index contributed by atoms with van der Waals surface area (Å²) in [6, 6.07) is 6.61. The van der Waals surface area contributed by atoms with Gasteiger partial charge in [-0.25, -0.2) is 4.39 Å². The number of benzene rings is 1. The van der Waals surface area contributed by atoms with E-state index in [-0.39, 0.29) is 5.91 Å². The molecular formula is C13H11BrFNOS. The third-order valence-corrected chi connectivity index (χ3v) is 4.09. The Morgan fingerprint density at radius 1 is 1.33 bits per heavy atom. The molecule has 0 aliphatic heterocycles. The first kappa shape index (κ1) is 13.2. The van der Waals surface area contributed by atoms with Gasteiger partial charge in [0.25, 0.3) is 5.91 Å². The van der Waals surface area contributed by atoms with Crippen LogP contribution in [-0.2, 0) is 0 Å². The minimum Gasteiger partial charge on any atom is -0.321 e. The SMILES string of the molecule is Cc1ccc(C(=O)Nc2cc(F)c(Br)cc2C)s1. The smallest absolute Gasteiger partial charge is 0.265 e. The first-order valence-corrected chi connectivity index (χ1v) is 6.92. The minimum atomic E-state index is -0.390. The Morgan fingerprint density at radius 3 is 2.67 bits per heavy atom. The van der Waals surface area contributed by atoms with Gasteiger partial charge in [-0.05, 0) is 59.6 Å². The van der Waals surface area contributed by atoms with E-state index in [1.807, 2.05) is 19.9 Å². The summed E-state index contributed by atoms with van der Waals surface area (Å²) in [6.07, 6.45) is 0. The fourth-order valence-electron chi connectivity index (χ4n) is 1.52. The van der Waals surface area contributed by atoms with Crippen molar-refractivity contribution < 1.29 is 9.18 Å². The van der Waals surface area contributed by atoms with Crippen LogP contribution in [0.1, 0.15) is 20.1 Å². The van der Waals surface area contributed by atoms with E-state index in [9.17, 15) is 9.18 Å². The monoisotopic (exact) mass is 327 g/mol. The van der Waals surface area contributed by atoms with Crippen LogP contribution in [0.15, 0.2) is 28.7 Å². The van der Waals surface area contributed by atoms with E-state index in [0.29, 0.717) is 15.0 Å². The molecule has 2 rings (SSSR count). The molecule has 18 heavy (non-hydrogen) atoms. The number of anilines is 1. The van der Waals surface area contributed by atoms with Crippen molar-refractivity contribution in [1.82, 2.24) is 0 Å². The molecule has 1 amide bonds. The van der Waals surface area contributed by atoms with Crippen LogP contribution in [0.2, 0.25) is 0 Å². The van der Waals surface area contributed by atoms with Crippen molar-refractivity contribution in [2.75, 3.05) is 5.32 Å². The van der Waals surface area contributed by atoms with Crippen molar-refractivity contribution in [1.29, 1.82) is 0 Å². The molecule has 1 aromatic heterocycles. The first-order chi connectivity index (χ1) is 8.47. The Bertz CT molecular complexity index is 609. The average molecular weight is 328 g/mol. The van der Waals surface area contributed by atoms with Gasteiger partial charge in [-0.1, -0.05) is 0 Å². The van der Waals surface area contributed by atoms with Crippen molar-refractivity contribution in [3.63, 3.8) is 0 Å². The molecule has 0 saturated carbocycles. The molecule has 0 fully saturated rings. The molecular weight excluding hydrogens is 317 g/mol. The molecule has 94 valence electrons. The highest BCUT2D eigenvalue weighted by Crippen LogP contribution is 2.25. The zero-order valence-corrected chi connectivity index (χ0v) is 12.3. The van der Waals surface area contributed by atoms with Crippen LogP contribution in [0.5, 0.6) is 0 Å². The second-order valence-electron chi connectivity index (χ2n) is 3.95. The summed E-state index contributed by atoms with van der Waals surface area (Å²) < 4.78 is 13.8. The summed E-state index contributed by atoms with van der Waals surface area (Å²) in [7, 11) is 0. The number of carbonyl (C=O) groups excluding carboxylic acids is 1. The van der Waals surface area contributed by atoms with Crippen molar-refractivity contribution in [2.45, 2.75) is 13.8 Å². The van der Waals surface area contributed by atoms with E-state index in [1.165, 1.54) is 17.4 Å². The van der Waals surface area contributed by atoms with Crippen LogP contribution >= 0.6 is 27.3 Å². The van der Waals surface area contributed by atoms with Gasteiger partial charge < -0.3 is 5.32 Å². The molecule has 0 spiro atoms. The molecule has 2 aromatic rings. The van der Waals surface area contributed by atoms with Crippen LogP contribution in [0.4, 0.5) is 10.1 Å². The van der Waals surface area contributed by atoms with Gasteiger partial charge in [0.05, 0.1) is 9.35 Å². The largest absolute Gasteiger partial charge is 0.321 e. The quantitative estimate of drug-likeness (QED) is 0.863. The highest BCUT2D eigenvalue weighted by atomic mass is 79.9. The lowest BCUT2D eigenvalue weighted by atomic mass is 10.2. The van der Waals surface area contributed by atoms with Crippen molar-refractivity contribution in [2.24, 2.45) is 0 Å². The Hall–Kier alpha value is -1.20. The van der Waals surface area contributed by atoms with E-state index >= 15 is 0 Å². The lowest BCUT2D eigenvalue weighted by molar-refractivity contribution is 0.103. The second kappa shape index (κ2) is 5.20. The highest BCUT2D eigenvalue weighted by molar-refractivity contribution is 9.10. The van der Waals surface area contributed by atoms with Gasteiger partial charge in [0.2, 0.25) is 0 Å². The van der Waals surface area contributed by atoms with Crippen molar-refractivity contribution in [3.05, 3.63) is 49.9 Å². The van der Waals surface area contributed by atoms with Crippen LogP contribution in [-0.4, -0.2) is 5.91 Å². The molecule has 2 nitrogen and oxygen atoms in total. The van der Waals surface area contributed by atoms with E-state index < -0.39 is 5.82 Å². The Balaban J connectivity index is 2.24. The van der Waals surface area contributed by atoms with E-state index in [2.05, 4.69) is 21.2 Å². The second-order valence-corrected chi connectivity index (χ2v) is 6.09. The summed E-state index contributed by atoms with van der Waals surface area (Å²) in [5, 5.41) is 2.72. The third kappa shape index (κ3) is 2.79. The van der Waals surface area contributed by atoms with E-state index in [0.717, 1.165) is 10.4 Å². The summed E-state index contributed by atoms with van der Waals surface area (Å²) in [5.41, 5.74) is 1.30. The number of hydrogen-bond donors (Lipinski definition) is 1. The molecule has 0 aliphatic rings. The summed E-state index contributed by atoms with van der Waals surface area (Å²) in [4.78, 5) is 13.6. The highest BCUT2D eigenvalue weighted by Gasteiger charge is 2.11. The van der Waals surface area contributed by atoms with Gasteiger partial charge in [-0.2, -0.15) is 0 Å². The molecule has 0 atom stereocenters. The maximum atomic E-state index is 13.4. The number of amides is 1. The summed E-state index contributed by atoms with van der Waals surface area (Å²) in [6.45, 7) is 3.76. The van der Waals surface area contributed by atoms with Crippen LogP contribution < -0.4 is 5.32 Å². The van der Waals surface area contributed by atoms with Gasteiger partial charge in [-0.15, -0.1) is 11.3 Å². The standard InChI is InChI=1S/C13H11BrFNOS/c1-7-5-9(14)10(15)6-11(7)16-13(17)12-4-3-8(2)18-12/h3-6H,1-2H3,(H,16,17). The molecule has 0 aliphatic carbocycles. The normalized spacial score (nSPS) is 10.4. The fourth-order valence-corrected chi connectivity index (χ4v) is 2.74.